The Morgan fingerprint density at radius 1 is 1.37 bits per heavy atom. The Labute approximate surface area is 122 Å². The maximum atomic E-state index is 13.3. The highest BCUT2D eigenvalue weighted by Crippen LogP contribution is 2.12. The van der Waals surface area contributed by atoms with Gasteiger partial charge in [0.15, 0.2) is 0 Å². The van der Waals surface area contributed by atoms with E-state index in [2.05, 4.69) is 10.1 Å². The Morgan fingerprint density at radius 2 is 1.95 bits per heavy atom. The Morgan fingerprint density at radius 3 is 2.47 bits per heavy atom. The minimum absolute atomic E-state index is 0.0438. The fourth-order valence-corrected chi connectivity index (χ4v) is 1.81. The first-order valence-electron chi connectivity index (χ1n) is 5.37. The van der Waals surface area contributed by atoms with Gasteiger partial charge in [-0.3, -0.25) is 9.59 Å². The van der Waals surface area contributed by atoms with Gasteiger partial charge in [0.05, 0.1) is 13.5 Å². The predicted octanol–water partition coefficient (Wildman–Crippen LogP) is 1.60. The summed E-state index contributed by atoms with van der Waals surface area (Å²) >= 11 is 1.81. The Bertz CT molecular complexity index is 462. The molecule has 0 saturated carbocycles. The van der Waals surface area contributed by atoms with E-state index in [-0.39, 0.29) is 12.1 Å². The molecule has 1 rings (SSSR count). The highest BCUT2D eigenvalue weighted by Gasteiger charge is 2.17. The Balaban J connectivity index is 2.54. The lowest BCUT2D eigenvalue weighted by molar-refractivity contribution is -0.139. The number of hydrogen-bond acceptors (Lipinski definition) is 3. The highest BCUT2D eigenvalue weighted by atomic mass is 127. The van der Waals surface area contributed by atoms with Gasteiger partial charge in [0.1, 0.15) is 15.6 Å². The van der Waals surface area contributed by atoms with E-state index in [0.29, 0.717) is 0 Å². The SMILES string of the molecule is COC(=O)C(I)CNC(=O)Cc1c(F)cccc1F. The smallest absolute Gasteiger partial charge is 0.320 e. The standard InChI is InChI=1S/C12H12F2INO3/c1-19-12(18)10(15)6-16-11(17)5-7-8(13)3-2-4-9(7)14/h2-4,10H,5-6H2,1H3,(H,16,17). The predicted molar refractivity (Wildman–Crippen MR) is 72.9 cm³/mol. The van der Waals surface area contributed by atoms with Crippen molar-refractivity contribution in [3.05, 3.63) is 35.4 Å². The van der Waals surface area contributed by atoms with Crippen LogP contribution in [0.25, 0.3) is 0 Å². The van der Waals surface area contributed by atoms with Crippen LogP contribution in [0, 0.1) is 11.6 Å². The van der Waals surface area contributed by atoms with E-state index >= 15 is 0 Å². The molecule has 4 nitrogen and oxygen atoms in total. The Hall–Kier alpha value is -1.25. The number of methoxy groups -OCH3 is 1. The zero-order valence-corrected chi connectivity index (χ0v) is 12.2. The zero-order chi connectivity index (χ0) is 14.4. The second-order valence-corrected chi connectivity index (χ2v) is 5.18. The van der Waals surface area contributed by atoms with Crippen molar-refractivity contribution in [3.63, 3.8) is 0 Å². The van der Waals surface area contributed by atoms with Crippen molar-refractivity contribution in [3.8, 4) is 0 Å². The monoisotopic (exact) mass is 383 g/mol. The lowest BCUT2D eigenvalue weighted by atomic mass is 10.1. The molecular weight excluding hydrogens is 371 g/mol. The van der Waals surface area contributed by atoms with Crippen molar-refractivity contribution in [2.75, 3.05) is 13.7 Å². The van der Waals surface area contributed by atoms with Gasteiger partial charge in [0.25, 0.3) is 0 Å². The second kappa shape index (κ2) is 7.37. The van der Waals surface area contributed by atoms with Crippen LogP contribution in [0.15, 0.2) is 18.2 Å². The fraction of sp³-hybridized carbons (Fsp3) is 0.333. The van der Waals surface area contributed by atoms with Gasteiger partial charge >= 0.3 is 5.97 Å². The molecular formula is C12H12F2INO3. The summed E-state index contributed by atoms with van der Waals surface area (Å²) in [7, 11) is 1.24. The molecule has 104 valence electrons. The number of carbonyl (C=O) groups excluding carboxylic acids is 2. The van der Waals surface area contributed by atoms with Crippen molar-refractivity contribution in [1.29, 1.82) is 0 Å². The summed E-state index contributed by atoms with van der Waals surface area (Å²) in [5.74, 6) is -2.57. The molecule has 0 radical (unpaired) electrons. The van der Waals surface area contributed by atoms with Gasteiger partial charge in [0.2, 0.25) is 5.91 Å². The van der Waals surface area contributed by atoms with Crippen LogP contribution in [0.4, 0.5) is 8.78 Å². The summed E-state index contributed by atoms with van der Waals surface area (Å²) in [4.78, 5) is 22.6. The van der Waals surface area contributed by atoms with Crippen LogP contribution in [0.2, 0.25) is 0 Å². The van der Waals surface area contributed by atoms with E-state index in [9.17, 15) is 18.4 Å². The summed E-state index contributed by atoms with van der Waals surface area (Å²) in [6, 6.07) is 3.40. The largest absolute Gasteiger partial charge is 0.468 e. The van der Waals surface area contributed by atoms with Crippen LogP contribution in [0.5, 0.6) is 0 Å². The summed E-state index contributed by atoms with van der Waals surface area (Å²) in [6.45, 7) is 0.0438. The second-order valence-electron chi connectivity index (χ2n) is 3.67. The number of alkyl halides is 1. The van der Waals surface area contributed by atoms with Gasteiger partial charge in [-0.2, -0.15) is 0 Å². The molecule has 1 atom stereocenters. The normalized spacial score (nSPS) is 11.8. The molecule has 0 aliphatic rings. The number of halogens is 3. The lowest BCUT2D eigenvalue weighted by Gasteiger charge is -2.10. The Kier molecular flexibility index (Phi) is 6.13. The van der Waals surface area contributed by atoms with Crippen molar-refractivity contribution in [2.45, 2.75) is 10.3 Å². The maximum Gasteiger partial charge on any atom is 0.320 e. The van der Waals surface area contributed by atoms with Crippen LogP contribution >= 0.6 is 22.6 Å². The molecule has 0 heterocycles. The third-order valence-corrected chi connectivity index (χ3v) is 3.28. The number of benzene rings is 1. The maximum absolute atomic E-state index is 13.3. The molecule has 0 fully saturated rings. The molecule has 7 heteroatoms. The van der Waals surface area contributed by atoms with Gasteiger partial charge in [-0.1, -0.05) is 28.7 Å². The lowest BCUT2D eigenvalue weighted by Crippen LogP contribution is -2.35. The van der Waals surface area contributed by atoms with Gasteiger partial charge in [0, 0.05) is 12.1 Å². The number of ether oxygens (including phenoxy) is 1. The van der Waals surface area contributed by atoms with Crippen molar-refractivity contribution < 1.29 is 23.1 Å². The average molecular weight is 383 g/mol. The summed E-state index contributed by atoms with van der Waals surface area (Å²) in [6.07, 6.45) is -0.414. The van der Waals surface area contributed by atoms with Crippen molar-refractivity contribution in [2.24, 2.45) is 0 Å². The third-order valence-electron chi connectivity index (χ3n) is 2.33. The van der Waals surface area contributed by atoms with Crippen LogP contribution < -0.4 is 5.32 Å². The molecule has 1 aromatic rings. The van der Waals surface area contributed by atoms with Crippen LogP contribution in [0.1, 0.15) is 5.56 Å². The van der Waals surface area contributed by atoms with E-state index in [1.165, 1.54) is 13.2 Å². The number of carbonyl (C=O) groups is 2. The first-order chi connectivity index (χ1) is 8.95. The van der Waals surface area contributed by atoms with E-state index in [4.69, 9.17) is 0 Å². The number of rotatable bonds is 5. The molecule has 0 aliphatic heterocycles. The van der Waals surface area contributed by atoms with E-state index in [0.717, 1.165) is 12.1 Å². The van der Waals surface area contributed by atoms with E-state index < -0.39 is 33.9 Å². The minimum Gasteiger partial charge on any atom is -0.468 e. The summed E-state index contributed by atoms with van der Waals surface area (Å²) in [5.41, 5.74) is -0.289. The first kappa shape index (κ1) is 15.8. The average Bonchev–Trinajstić information content (AvgIpc) is 2.39. The molecule has 1 unspecified atom stereocenters. The highest BCUT2D eigenvalue weighted by molar-refractivity contribution is 14.1. The topological polar surface area (TPSA) is 55.4 Å². The van der Waals surface area contributed by atoms with Gasteiger partial charge in [-0.05, 0) is 12.1 Å². The van der Waals surface area contributed by atoms with Crippen molar-refractivity contribution in [1.82, 2.24) is 5.32 Å². The molecule has 0 aromatic heterocycles. The molecule has 19 heavy (non-hydrogen) atoms. The van der Waals surface area contributed by atoms with E-state index in [1.807, 2.05) is 22.6 Å². The van der Waals surface area contributed by atoms with Gasteiger partial charge in [-0.15, -0.1) is 0 Å². The quantitative estimate of drug-likeness (QED) is 0.478. The molecule has 1 N–H and O–H groups in total. The van der Waals surface area contributed by atoms with Gasteiger partial charge in [-0.25, -0.2) is 8.78 Å². The third kappa shape index (κ3) is 4.73. The minimum atomic E-state index is -0.769. The van der Waals surface area contributed by atoms with Crippen molar-refractivity contribution >= 4 is 34.5 Å². The first-order valence-corrected chi connectivity index (χ1v) is 6.61. The number of nitrogens with one attached hydrogen (secondary N) is 1. The fourth-order valence-electron chi connectivity index (χ4n) is 1.34. The van der Waals surface area contributed by atoms with Crippen LogP contribution in [-0.4, -0.2) is 29.5 Å². The zero-order valence-electron chi connectivity index (χ0n) is 10.1. The number of esters is 1. The summed E-state index contributed by atoms with van der Waals surface area (Å²) < 4.78 is 30.5. The van der Waals surface area contributed by atoms with E-state index in [1.54, 1.807) is 0 Å². The number of amides is 1. The molecule has 0 saturated heterocycles. The molecule has 0 spiro atoms. The molecule has 0 bridgehead atoms. The molecule has 1 aromatic carbocycles. The molecule has 0 aliphatic carbocycles. The summed E-state index contributed by atoms with van der Waals surface area (Å²) in [5, 5.41) is 2.42. The van der Waals surface area contributed by atoms with Gasteiger partial charge < -0.3 is 10.1 Å². The van der Waals surface area contributed by atoms with Crippen LogP contribution in [-0.2, 0) is 20.7 Å². The number of hydrogen-bond donors (Lipinski definition) is 1. The van der Waals surface area contributed by atoms with Crippen LogP contribution in [0.3, 0.4) is 0 Å². The molecule has 1 amide bonds.